The molecular formula is C20H31IN4S2. The van der Waals surface area contributed by atoms with Crippen molar-refractivity contribution in [3.8, 4) is 0 Å². The van der Waals surface area contributed by atoms with Gasteiger partial charge < -0.3 is 10.2 Å². The third-order valence-electron chi connectivity index (χ3n) is 5.21. The topological polar surface area (TPSA) is 30.9 Å². The Bertz CT molecular complexity index is 672. The van der Waals surface area contributed by atoms with Gasteiger partial charge in [0, 0.05) is 43.0 Å². The summed E-state index contributed by atoms with van der Waals surface area (Å²) < 4.78 is 0. The zero-order chi connectivity index (χ0) is 18.4. The van der Waals surface area contributed by atoms with Crippen LogP contribution in [0.1, 0.15) is 28.6 Å². The van der Waals surface area contributed by atoms with Crippen LogP contribution in [0.15, 0.2) is 40.0 Å². The van der Waals surface area contributed by atoms with Crippen molar-refractivity contribution in [1.82, 2.24) is 15.1 Å². The van der Waals surface area contributed by atoms with Crippen LogP contribution >= 0.6 is 46.7 Å². The van der Waals surface area contributed by atoms with Crippen LogP contribution in [0.3, 0.4) is 0 Å². The Labute approximate surface area is 188 Å². The lowest BCUT2D eigenvalue weighted by atomic mass is 9.88. The minimum Gasteiger partial charge on any atom is -0.356 e. The fraction of sp³-hybridized carbons (Fsp3) is 0.550. The maximum Gasteiger partial charge on any atom is 0.193 e. The number of hydrogen-bond acceptors (Lipinski definition) is 4. The van der Waals surface area contributed by atoms with E-state index in [1.807, 2.05) is 29.7 Å². The average Bonchev–Trinajstić information content (AvgIpc) is 3.34. The number of hydrogen-bond donors (Lipinski definition) is 1. The predicted octanol–water partition coefficient (Wildman–Crippen LogP) is 4.56. The van der Waals surface area contributed by atoms with Crippen molar-refractivity contribution < 1.29 is 0 Å². The molecular weight excluding hydrogens is 487 g/mol. The van der Waals surface area contributed by atoms with Gasteiger partial charge in [-0.3, -0.25) is 9.89 Å². The zero-order valence-corrected chi connectivity index (χ0v) is 20.4. The number of halogens is 1. The van der Waals surface area contributed by atoms with Crippen LogP contribution < -0.4 is 5.32 Å². The second-order valence-electron chi connectivity index (χ2n) is 7.02. The second kappa shape index (κ2) is 11.4. The number of piperidine rings is 1. The molecule has 1 saturated heterocycles. The van der Waals surface area contributed by atoms with Crippen molar-refractivity contribution in [2.45, 2.75) is 25.3 Å². The summed E-state index contributed by atoms with van der Waals surface area (Å²) in [5.74, 6) is 1.62. The van der Waals surface area contributed by atoms with Gasteiger partial charge in [-0.05, 0) is 61.7 Å². The summed E-state index contributed by atoms with van der Waals surface area (Å²) in [6.45, 7) is 3.15. The number of nitrogens with zero attached hydrogens (tertiary/aromatic N) is 3. The molecule has 1 N–H and O–H groups in total. The van der Waals surface area contributed by atoms with Gasteiger partial charge in [0.15, 0.2) is 5.96 Å². The molecule has 1 aliphatic heterocycles. The fourth-order valence-electron chi connectivity index (χ4n) is 3.83. The summed E-state index contributed by atoms with van der Waals surface area (Å²) in [5, 5.41) is 7.98. The SMILES string of the molecule is CN=C(NCC1CCCN(C)C1c1cccs1)N(C)CCc1cccs1.I. The number of nitrogens with one attached hydrogen (secondary N) is 1. The lowest BCUT2D eigenvalue weighted by Gasteiger charge is -2.39. The van der Waals surface area contributed by atoms with Gasteiger partial charge in [-0.25, -0.2) is 0 Å². The van der Waals surface area contributed by atoms with Gasteiger partial charge in [-0.2, -0.15) is 0 Å². The fourth-order valence-corrected chi connectivity index (χ4v) is 5.51. The molecule has 0 spiro atoms. The van der Waals surface area contributed by atoms with Gasteiger partial charge in [-0.15, -0.1) is 46.7 Å². The first-order chi connectivity index (χ1) is 12.7. The molecule has 1 aliphatic rings. The summed E-state index contributed by atoms with van der Waals surface area (Å²) in [7, 11) is 6.28. The third-order valence-corrected chi connectivity index (χ3v) is 7.09. The molecule has 0 radical (unpaired) electrons. The normalized spacial score (nSPS) is 20.9. The van der Waals surface area contributed by atoms with Gasteiger partial charge in [0.05, 0.1) is 0 Å². The summed E-state index contributed by atoms with van der Waals surface area (Å²) in [6.07, 6.45) is 3.62. The van der Waals surface area contributed by atoms with Crippen LogP contribution in [-0.2, 0) is 6.42 Å². The van der Waals surface area contributed by atoms with Crippen LogP contribution in [-0.4, -0.2) is 56.5 Å². The summed E-state index contributed by atoms with van der Waals surface area (Å²) in [6, 6.07) is 9.30. The number of guanidine groups is 1. The molecule has 3 heterocycles. The molecule has 0 aliphatic carbocycles. The molecule has 0 amide bonds. The van der Waals surface area contributed by atoms with Crippen molar-refractivity contribution in [2.24, 2.45) is 10.9 Å². The van der Waals surface area contributed by atoms with Crippen LogP contribution in [0.25, 0.3) is 0 Å². The van der Waals surface area contributed by atoms with Crippen molar-refractivity contribution in [3.05, 3.63) is 44.8 Å². The first-order valence-corrected chi connectivity index (χ1v) is 11.1. The van der Waals surface area contributed by atoms with E-state index in [1.54, 1.807) is 0 Å². The number of thiophene rings is 2. The minimum atomic E-state index is 0. The van der Waals surface area contributed by atoms with E-state index in [-0.39, 0.29) is 24.0 Å². The van der Waals surface area contributed by atoms with E-state index in [1.165, 1.54) is 29.1 Å². The Morgan fingerprint density at radius 2 is 2.07 bits per heavy atom. The van der Waals surface area contributed by atoms with E-state index in [0.29, 0.717) is 12.0 Å². The van der Waals surface area contributed by atoms with E-state index < -0.39 is 0 Å². The lowest BCUT2D eigenvalue weighted by Crippen LogP contribution is -2.45. The highest BCUT2D eigenvalue weighted by molar-refractivity contribution is 14.0. The molecule has 4 nitrogen and oxygen atoms in total. The molecule has 2 atom stereocenters. The van der Waals surface area contributed by atoms with E-state index in [0.717, 1.165) is 25.5 Å². The Kier molecular flexibility index (Phi) is 9.55. The summed E-state index contributed by atoms with van der Waals surface area (Å²) in [4.78, 5) is 12.2. The van der Waals surface area contributed by atoms with Crippen LogP contribution in [0, 0.1) is 5.92 Å². The molecule has 2 unspecified atom stereocenters. The van der Waals surface area contributed by atoms with Gasteiger partial charge in [0.2, 0.25) is 0 Å². The smallest absolute Gasteiger partial charge is 0.193 e. The maximum atomic E-state index is 4.50. The average molecular weight is 519 g/mol. The number of likely N-dealkylation sites (tertiary alicyclic amines) is 1. The third kappa shape index (κ3) is 6.17. The number of rotatable bonds is 6. The molecule has 0 saturated carbocycles. The van der Waals surface area contributed by atoms with Crippen molar-refractivity contribution >= 4 is 52.6 Å². The molecule has 2 aromatic heterocycles. The molecule has 3 rings (SSSR count). The van der Waals surface area contributed by atoms with Crippen LogP contribution in [0.2, 0.25) is 0 Å². The number of likely N-dealkylation sites (N-methyl/N-ethyl adjacent to an activating group) is 1. The van der Waals surface area contributed by atoms with Gasteiger partial charge in [-0.1, -0.05) is 12.1 Å². The first-order valence-electron chi connectivity index (χ1n) is 9.37. The van der Waals surface area contributed by atoms with Gasteiger partial charge in [0.25, 0.3) is 0 Å². The standard InChI is InChI=1S/C20H30N4S2.HI/c1-21-20(24(3)12-10-17-8-5-13-25-17)22-15-16-7-4-11-23(2)19(16)18-9-6-14-26-18;/h5-6,8-9,13-14,16,19H,4,7,10-12,15H2,1-3H3,(H,21,22);1H. The summed E-state index contributed by atoms with van der Waals surface area (Å²) in [5.41, 5.74) is 0. The molecule has 2 aromatic rings. The number of aliphatic imine (C=N–C) groups is 1. The van der Waals surface area contributed by atoms with Gasteiger partial charge >= 0.3 is 0 Å². The highest BCUT2D eigenvalue weighted by Gasteiger charge is 2.31. The quantitative estimate of drug-likeness (QED) is 0.346. The summed E-state index contributed by atoms with van der Waals surface area (Å²) >= 11 is 3.71. The van der Waals surface area contributed by atoms with E-state index in [2.05, 4.69) is 69.2 Å². The monoisotopic (exact) mass is 518 g/mol. The first kappa shape index (κ1) is 22.6. The van der Waals surface area contributed by atoms with E-state index in [9.17, 15) is 0 Å². The van der Waals surface area contributed by atoms with Crippen molar-refractivity contribution in [1.29, 1.82) is 0 Å². The Hall–Kier alpha value is -0.640. The zero-order valence-electron chi connectivity index (χ0n) is 16.4. The Morgan fingerprint density at radius 1 is 1.30 bits per heavy atom. The largest absolute Gasteiger partial charge is 0.356 e. The van der Waals surface area contributed by atoms with Crippen molar-refractivity contribution in [3.63, 3.8) is 0 Å². The Morgan fingerprint density at radius 3 is 2.74 bits per heavy atom. The minimum absolute atomic E-state index is 0. The molecule has 7 heteroatoms. The van der Waals surface area contributed by atoms with E-state index in [4.69, 9.17) is 0 Å². The lowest BCUT2D eigenvalue weighted by molar-refractivity contribution is 0.125. The predicted molar refractivity (Wildman–Crippen MR) is 130 cm³/mol. The maximum absolute atomic E-state index is 4.50. The highest BCUT2D eigenvalue weighted by Crippen LogP contribution is 2.36. The Balaban J connectivity index is 0.00000261. The van der Waals surface area contributed by atoms with E-state index >= 15 is 0 Å². The molecule has 1 fully saturated rings. The molecule has 0 bridgehead atoms. The van der Waals surface area contributed by atoms with Crippen molar-refractivity contribution in [2.75, 3.05) is 40.8 Å². The highest BCUT2D eigenvalue weighted by atomic mass is 127. The van der Waals surface area contributed by atoms with Crippen LogP contribution in [0.5, 0.6) is 0 Å². The molecule has 150 valence electrons. The van der Waals surface area contributed by atoms with Crippen LogP contribution in [0.4, 0.5) is 0 Å². The van der Waals surface area contributed by atoms with Gasteiger partial charge in [0.1, 0.15) is 0 Å². The second-order valence-corrected chi connectivity index (χ2v) is 9.03. The molecule has 0 aromatic carbocycles. The molecule has 27 heavy (non-hydrogen) atoms.